The lowest BCUT2D eigenvalue weighted by Gasteiger charge is -2.23. The third kappa shape index (κ3) is 3.78. The molecule has 0 aliphatic carbocycles. The first kappa shape index (κ1) is 21.8. The van der Waals surface area contributed by atoms with Crippen molar-refractivity contribution < 1.29 is 24.5 Å². The Hall–Kier alpha value is -2.90. The highest BCUT2D eigenvalue weighted by molar-refractivity contribution is 6.30. The molecule has 2 aromatic carbocycles. The molecule has 0 fully saturated rings. The number of aromatic carboxylic acids is 1. The van der Waals surface area contributed by atoms with Gasteiger partial charge in [0.05, 0.1) is 17.1 Å². The first-order valence-corrected chi connectivity index (χ1v) is 9.72. The molecule has 1 atom stereocenters. The number of aromatic nitrogens is 1. The molecule has 158 valence electrons. The maximum atomic E-state index is 14.4. The topological polar surface area (TPSA) is 111 Å². The van der Waals surface area contributed by atoms with Crippen molar-refractivity contribution in [3.63, 3.8) is 0 Å². The maximum Gasteiger partial charge on any atom is 0.341 e. The highest BCUT2D eigenvalue weighted by atomic mass is 35.5. The molecule has 0 saturated carbocycles. The number of nitrogens with one attached hydrogen (secondary N) is 1. The highest BCUT2D eigenvalue weighted by Crippen LogP contribution is 2.39. The van der Waals surface area contributed by atoms with Crippen molar-refractivity contribution in [3.05, 3.63) is 73.8 Å². The van der Waals surface area contributed by atoms with Gasteiger partial charge in [0.25, 0.3) is 0 Å². The molecule has 1 aromatic heterocycles. The van der Waals surface area contributed by atoms with Crippen LogP contribution in [0.15, 0.2) is 35.3 Å². The Balaban J connectivity index is 2.35. The Morgan fingerprint density at radius 2 is 1.97 bits per heavy atom. The minimum absolute atomic E-state index is 0.0410. The predicted molar refractivity (Wildman–Crippen MR) is 112 cm³/mol. The summed E-state index contributed by atoms with van der Waals surface area (Å²) in [5.74, 6) is -2.87. The second kappa shape index (κ2) is 8.45. The smallest absolute Gasteiger partial charge is 0.341 e. The second-order valence-corrected chi connectivity index (χ2v) is 7.89. The van der Waals surface area contributed by atoms with E-state index in [9.17, 15) is 29.3 Å². The molecule has 1 heterocycles. The van der Waals surface area contributed by atoms with Crippen molar-refractivity contribution in [2.45, 2.75) is 26.2 Å². The number of halogens is 2. The quantitative estimate of drug-likeness (QED) is 0.468. The summed E-state index contributed by atoms with van der Waals surface area (Å²) >= 11 is 5.85. The molecular weight excluding hydrogens is 413 g/mol. The Morgan fingerprint density at radius 1 is 1.27 bits per heavy atom. The average Bonchev–Trinajstić information content (AvgIpc) is 2.68. The molecule has 6 nitrogen and oxygen atoms in total. The number of rotatable bonds is 6. The molecule has 0 radical (unpaired) electrons. The van der Waals surface area contributed by atoms with Crippen LogP contribution in [-0.4, -0.2) is 32.9 Å². The van der Waals surface area contributed by atoms with E-state index in [1.807, 2.05) is 13.8 Å². The lowest BCUT2D eigenvalue weighted by Crippen LogP contribution is -2.19. The Labute approximate surface area is 176 Å². The molecule has 0 amide bonds. The third-order valence-electron chi connectivity index (χ3n) is 5.28. The van der Waals surface area contributed by atoms with Crippen LogP contribution in [-0.2, 0) is 6.42 Å². The number of carboxylic acids is 1. The fraction of sp³-hybridized carbons (Fsp3) is 0.273. The second-order valence-electron chi connectivity index (χ2n) is 7.48. The van der Waals surface area contributed by atoms with Crippen molar-refractivity contribution in [1.29, 1.82) is 0 Å². The lowest BCUT2D eigenvalue weighted by molar-refractivity contribution is 0.0695. The van der Waals surface area contributed by atoms with Crippen molar-refractivity contribution in [2.24, 2.45) is 5.92 Å². The first-order valence-electron chi connectivity index (χ1n) is 9.34. The van der Waals surface area contributed by atoms with Gasteiger partial charge >= 0.3 is 5.97 Å². The fourth-order valence-electron chi connectivity index (χ4n) is 3.62. The van der Waals surface area contributed by atoms with E-state index in [0.717, 1.165) is 6.20 Å². The molecule has 1 unspecified atom stereocenters. The molecule has 8 heteroatoms. The number of fused-ring (bicyclic) bond motifs is 1. The summed E-state index contributed by atoms with van der Waals surface area (Å²) in [5, 5.41) is 30.2. The summed E-state index contributed by atoms with van der Waals surface area (Å²) < 4.78 is 14.4. The van der Waals surface area contributed by atoms with Crippen LogP contribution in [0, 0.1) is 11.7 Å². The van der Waals surface area contributed by atoms with Crippen LogP contribution >= 0.6 is 11.6 Å². The van der Waals surface area contributed by atoms with E-state index in [1.54, 1.807) is 6.07 Å². The SMILES string of the molecule is CC(C)C(CO)c1c(O)c(Cc2cccc(Cl)c2F)cc2c(=O)c(C(=O)O)c[nH]c12. The van der Waals surface area contributed by atoms with Gasteiger partial charge in [-0.25, -0.2) is 9.18 Å². The van der Waals surface area contributed by atoms with Crippen LogP contribution in [0.25, 0.3) is 10.9 Å². The molecule has 3 rings (SSSR count). The van der Waals surface area contributed by atoms with Gasteiger partial charge in [-0.05, 0) is 29.2 Å². The molecule has 30 heavy (non-hydrogen) atoms. The highest BCUT2D eigenvalue weighted by Gasteiger charge is 2.26. The van der Waals surface area contributed by atoms with Gasteiger partial charge < -0.3 is 20.3 Å². The molecule has 4 N–H and O–H groups in total. The summed E-state index contributed by atoms with van der Waals surface area (Å²) in [6.45, 7) is 3.39. The van der Waals surface area contributed by atoms with E-state index < -0.39 is 28.7 Å². The van der Waals surface area contributed by atoms with Crippen LogP contribution in [0.1, 0.15) is 46.8 Å². The van der Waals surface area contributed by atoms with Gasteiger partial charge in [-0.1, -0.05) is 37.6 Å². The number of hydrogen-bond acceptors (Lipinski definition) is 4. The summed E-state index contributed by atoms with van der Waals surface area (Å²) in [6.07, 6.45) is 0.995. The zero-order chi connectivity index (χ0) is 22.2. The summed E-state index contributed by atoms with van der Waals surface area (Å²) in [5.41, 5.74) is -0.221. The number of aliphatic hydroxyl groups excluding tert-OH is 1. The maximum absolute atomic E-state index is 14.4. The average molecular weight is 434 g/mol. The van der Waals surface area contributed by atoms with E-state index in [2.05, 4.69) is 4.98 Å². The number of H-pyrrole nitrogens is 1. The van der Waals surface area contributed by atoms with E-state index in [-0.39, 0.29) is 57.3 Å². The van der Waals surface area contributed by atoms with Crippen molar-refractivity contribution in [1.82, 2.24) is 4.98 Å². The Morgan fingerprint density at radius 3 is 2.57 bits per heavy atom. The van der Waals surface area contributed by atoms with Gasteiger partial charge in [0.1, 0.15) is 17.1 Å². The van der Waals surface area contributed by atoms with E-state index in [0.29, 0.717) is 0 Å². The van der Waals surface area contributed by atoms with Crippen LogP contribution in [0.4, 0.5) is 4.39 Å². The van der Waals surface area contributed by atoms with Crippen LogP contribution in [0.5, 0.6) is 5.75 Å². The zero-order valence-corrected chi connectivity index (χ0v) is 17.1. The predicted octanol–water partition coefficient (Wildman–Crippen LogP) is 4.05. The first-order chi connectivity index (χ1) is 14.2. The van der Waals surface area contributed by atoms with Crippen molar-refractivity contribution in [2.75, 3.05) is 6.61 Å². The van der Waals surface area contributed by atoms with Crippen molar-refractivity contribution in [3.8, 4) is 5.75 Å². The zero-order valence-electron chi connectivity index (χ0n) is 16.4. The number of hydrogen-bond donors (Lipinski definition) is 4. The summed E-state index contributed by atoms with van der Waals surface area (Å²) in [7, 11) is 0. The van der Waals surface area contributed by atoms with Crippen LogP contribution in [0.2, 0.25) is 5.02 Å². The summed E-state index contributed by atoms with van der Waals surface area (Å²) in [4.78, 5) is 27.0. The number of aliphatic hydroxyl groups is 1. The van der Waals surface area contributed by atoms with Gasteiger partial charge in [-0.3, -0.25) is 4.79 Å². The van der Waals surface area contributed by atoms with Gasteiger partial charge in [-0.2, -0.15) is 0 Å². The lowest BCUT2D eigenvalue weighted by atomic mass is 9.84. The number of pyridine rings is 1. The number of aromatic hydroxyl groups is 1. The van der Waals surface area contributed by atoms with E-state index >= 15 is 0 Å². The number of phenols is 1. The molecular formula is C22H21ClFNO5. The van der Waals surface area contributed by atoms with Gasteiger partial charge in [0.15, 0.2) is 0 Å². The largest absolute Gasteiger partial charge is 0.507 e. The number of aromatic amines is 1. The normalized spacial score (nSPS) is 12.5. The van der Waals surface area contributed by atoms with E-state index in [4.69, 9.17) is 11.6 Å². The van der Waals surface area contributed by atoms with Gasteiger partial charge in [0, 0.05) is 29.5 Å². The van der Waals surface area contributed by atoms with Crippen LogP contribution in [0.3, 0.4) is 0 Å². The molecule has 0 spiro atoms. The minimum Gasteiger partial charge on any atom is -0.507 e. The molecule has 3 aromatic rings. The number of carbonyl (C=O) groups is 1. The summed E-state index contributed by atoms with van der Waals surface area (Å²) in [6, 6.07) is 5.83. The number of benzene rings is 2. The monoisotopic (exact) mass is 433 g/mol. The van der Waals surface area contributed by atoms with E-state index in [1.165, 1.54) is 18.2 Å². The Bertz CT molecular complexity index is 1190. The Kier molecular flexibility index (Phi) is 6.14. The third-order valence-corrected chi connectivity index (χ3v) is 5.57. The van der Waals surface area contributed by atoms with Gasteiger partial charge in [-0.15, -0.1) is 0 Å². The standard InChI is InChI=1S/C22H21ClFNO5/c1-10(2)15(9-26)17-19-13(21(28)14(8-25-19)22(29)30)7-12(20(17)27)6-11-4-3-5-16(23)18(11)24/h3-5,7-8,10,15,26-27H,6,9H2,1-2H3,(H,25,28)(H,29,30). The molecule has 0 aliphatic heterocycles. The minimum atomic E-state index is -1.39. The molecule has 0 bridgehead atoms. The number of phenolic OH excluding ortho intramolecular Hbond substituents is 1. The van der Waals surface area contributed by atoms with Gasteiger partial charge in [0.2, 0.25) is 5.43 Å². The fourth-order valence-corrected chi connectivity index (χ4v) is 3.82. The van der Waals surface area contributed by atoms with Crippen LogP contribution < -0.4 is 5.43 Å². The van der Waals surface area contributed by atoms with Crippen molar-refractivity contribution >= 4 is 28.5 Å². The molecule has 0 aliphatic rings. The number of carboxylic acid groups (broad SMARTS) is 1. The molecule has 0 saturated heterocycles.